The molecular weight excluding hydrogens is 300 g/mol. The van der Waals surface area contributed by atoms with Gasteiger partial charge in [-0.15, -0.1) is 0 Å². The molecule has 0 unspecified atom stereocenters. The van der Waals surface area contributed by atoms with Crippen LogP contribution >= 0.6 is 11.6 Å². The van der Waals surface area contributed by atoms with Crippen LogP contribution in [0.3, 0.4) is 0 Å². The van der Waals surface area contributed by atoms with E-state index in [4.69, 9.17) is 11.6 Å². The molecule has 4 nitrogen and oxygen atoms in total. The lowest BCUT2D eigenvalue weighted by molar-refractivity contribution is -0.114. The van der Waals surface area contributed by atoms with E-state index in [1.165, 1.54) is 13.0 Å². The third-order valence-electron chi connectivity index (χ3n) is 2.77. The third kappa shape index (κ3) is 4.75. The van der Waals surface area contributed by atoms with Crippen molar-refractivity contribution in [2.45, 2.75) is 6.92 Å². The van der Waals surface area contributed by atoms with Gasteiger partial charge in [0.05, 0.1) is 10.7 Å². The lowest BCUT2D eigenvalue weighted by Crippen LogP contribution is -2.09. The monoisotopic (exact) mass is 314 g/mol. The molecule has 22 heavy (non-hydrogen) atoms. The van der Waals surface area contributed by atoms with E-state index in [-0.39, 0.29) is 11.8 Å². The number of hydrogen-bond acceptors (Lipinski definition) is 2. The van der Waals surface area contributed by atoms with Crippen LogP contribution in [0.15, 0.2) is 54.6 Å². The molecule has 2 aromatic rings. The molecule has 112 valence electrons. The predicted octanol–water partition coefficient (Wildman–Crippen LogP) is 3.95. The van der Waals surface area contributed by atoms with Crippen molar-refractivity contribution in [3.63, 3.8) is 0 Å². The summed E-state index contributed by atoms with van der Waals surface area (Å²) in [5.41, 5.74) is 2.01. The molecule has 5 heteroatoms. The Morgan fingerprint density at radius 3 is 2.41 bits per heavy atom. The molecule has 0 aliphatic carbocycles. The van der Waals surface area contributed by atoms with Gasteiger partial charge in [0.25, 0.3) is 0 Å². The minimum Gasteiger partial charge on any atom is -0.325 e. The summed E-state index contributed by atoms with van der Waals surface area (Å²) in [6.45, 7) is 1.40. The largest absolute Gasteiger partial charge is 0.325 e. The van der Waals surface area contributed by atoms with Crippen molar-refractivity contribution >= 4 is 40.9 Å². The van der Waals surface area contributed by atoms with E-state index in [0.717, 1.165) is 5.56 Å². The molecule has 0 spiro atoms. The van der Waals surface area contributed by atoms with Crippen molar-refractivity contribution < 1.29 is 9.59 Å². The summed E-state index contributed by atoms with van der Waals surface area (Å²) in [6, 6.07) is 14.4. The highest BCUT2D eigenvalue weighted by molar-refractivity contribution is 6.34. The third-order valence-corrected chi connectivity index (χ3v) is 3.09. The molecule has 0 atom stereocenters. The number of rotatable bonds is 4. The molecular formula is C17H15ClN2O2. The van der Waals surface area contributed by atoms with Crippen LogP contribution in [0.25, 0.3) is 6.08 Å². The zero-order valence-corrected chi connectivity index (χ0v) is 12.7. The van der Waals surface area contributed by atoms with E-state index >= 15 is 0 Å². The van der Waals surface area contributed by atoms with Gasteiger partial charge in [-0.1, -0.05) is 41.9 Å². The normalized spacial score (nSPS) is 10.5. The average Bonchev–Trinajstić information content (AvgIpc) is 2.49. The number of carbonyl (C=O) groups excluding carboxylic acids is 2. The van der Waals surface area contributed by atoms with E-state index in [0.29, 0.717) is 16.4 Å². The highest BCUT2D eigenvalue weighted by Crippen LogP contribution is 2.25. The van der Waals surface area contributed by atoms with Gasteiger partial charge in [-0.05, 0) is 29.8 Å². The van der Waals surface area contributed by atoms with E-state index in [1.807, 2.05) is 30.3 Å². The molecule has 2 amide bonds. The van der Waals surface area contributed by atoms with Crippen LogP contribution in [0.2, 0.25) is 5.02 Å². The number of carbonyl (C=O) groups is 2. The summed E-state index contributed by atoms with van der Waals surface area (Å²) >= 11 is 6.05. The maximum absolute atomic E-state index is 11.8. The van der Waals surface area contributed by atoms with Crippen LogP contribution < -0.4 is 10.6 Å². The Bertz CT molecular complexity index is 712. The van der Waals surface area contributed by atoms with Crippen molar-refractivity contribution in [3.05, 3.63) is 65.2 Å². The number of amides is 2. The molecule has 0 aliphatic heterocycles. The predicted molar refractivity (Wildman–Crippen MR) is 89.9 cm³/mol. The van der Waals surface area contributed by atoms with Crippen LogP contribution in [0.5, 0.6) is 0 Å². The van der Waals surface area contributed by atoms with Crippen LogP contribution in [0.4, 0.5) is 11.4 Å². The van der Waals surface area contributed by atoms with Gasteiger partial charge in [-0.2, -0.15) is 0 Å². The second-order valence-corrected chi connectivity index (χ2v) is 5.02. The number of halogens is 1. The Morgan fingerprint density at radius 2 is 1.77 bits per heavy atom. The van der Waals surface area contributed by atoms with Crippen LogP contribution in [-0.4, -0.2) is 11.8 Å². The number of benzene rings is 2. The molecule has 2 aromatic carbocycles. The zero-order chi connectivity index (χ0) is 15.9. The molecule has 2 N–H and O–H groups in total. The summed E-state index contributed by atoms with van der Waals surface area (Å²) in [7, 11) is 0. The maximum Gasteiger partial charge on any atom is 0.248 e. The fraction of sp³-hybridized carbons (Fsp3) is 0.0588. The number of hydrogen-bond donors (Lipinski definition) is 2. The van der Waals surface area contributed by atoms with Gasteiger partial charge in [0.2, 0.25) is 11.8 Å². The van der Waals surface area contributed by atoms with Gasteiger partial charge < -0.3 is 10.6 Å². The maximum atomic E-state index is 11.8. The number of anilines is 2. The van der Waals surface area contributed by atoms with Gasteiger partial charge in [-0.25, -0.2) is 0 Å². The van der Waals surface area contributed by atoms with E-state index < -0.39 is 0 Å². The van der Waals surface area contributed by atoms with Crippen LogP contribution in [0.1, 0.15) is 12.5 Å². The van der Waals surface area contributed by atoms with Gasteiger partial charge >= 0.3 is 0 Å². The summed E-state index contributed by atoms with van der Waals surface area (Å²) < 4.78 is 0. The highest BCUT2D eigenvalue weighted by atomic mass is 35.5. The average molecular weight is 315 g/mol. The second-order valence-electron chi connectivity index (χ2n) is 4.61. The first kappa shape index (κ1) is 15.8. The fourth-order valence-corrected chi connectivity index (χ4v) is 2.03. The first-order valence-corrected chi connectivity index (χ1v) is 7.03. The Labute approximate surface area is 133 Å². The molecule has 0 aliphatic rings. The lowest BCUT2D eigenvalue weighted by Gasteiger charge is -2.07. The van der Waals surface area contributed by atoms with Crippen molar-refractivity contribution in [2.75, 3.05) is 10.6 Å². The molecule has 0 aromatic heterocycles. The Morgan fingerprint density at radius 1 is 1.05 bits per heavy atom. The minimum absolute atomic E-state index is 0.204. The van der Waals surface area contributed by atoms with Gasteiger partial charge in [-0.3, -0.25) is 9.59 Å². The van der Waals surface area contributed by atoms with Crippen molar-refractivity contribution in [1.82, 2.24) is 0 Å². The molecule has 0 heterocycles. The molecule has 2 rings (SSSR count). The zero-order valence-electron chi connectivity index (χ0n) is 12.0. The molecule has 0 saturated carbocycles. The number of nitrogens with one attached hydrogen (secondary N) is 2. The SMILES string of the molecule is CC(=O)Nc1ccc(NC(=O)/C=C/c2ccccc2)cc1Cl. The van der Waals surface area contributed by atoms with Crippen LogP contribution in [0, 0.1) is 0 Å². The van der Waals surface area contributed by atoms with Crippen molar-refractivity contribution in [3.8, 4) is 0 Å². The fourth-order valence-electron chi connectivity index (χ4n) is 1.80. The Hall–Kier alpha value is -2.59. The summed E-state index contributed by atoms with van der Waals surface area (Å²) in [5.74, 6) is -0.461. The van der Waals surface area contributed by atoms with Gasteiger partial charge in [0, 0.05) is 18.7 Å². The van der Waals surface area contributed by atoms with E-state index in [2.05, 4.69) is 10.6 Å². The summed E-state index contributed by atoms with van der Waals surface area (Å²) in [5, 5.41) is 5.67. The summed E-state index contributed by atoms with van der Waals surface area (Å²) in [4.78, 5) is 22.8. The van der Waals surface area contributed by atoms with Crippen molar-refractivity contribution in [1.29, 1.82) is 0 Å². The van der Waals surface area contributed by atoms with Crippen LogP contribution in [-0.2, 0) is 9.59 Å². The quantitative estimate of drug-likeness (QED) is 0.839. The van der Waals surface area contributed by atoms with Gasteiger partial charge in [0.1, 0.15) is 0 Å². The second kappa shape index (κ2) is 7.43. The first-order valence-electron chi connectivity index (χ1n) is 6.66. The van der Waals surface area contributed by atoms with E-state index in [1.54, 1.807) is 24.3 Å². The minimum atomic E-state index is -0.257. The first-order chi connectivity index (χ1) is 10.5. The highest BCUT2D eigenvalue weighted by Gasteiger charge is 2.05. The lowest BCUT2D eigenvalue weighted by atomic mass is 10.2. The smallest absolute Gasteiger partial charge is 0.248 e. The standard InChI is InChI=1S/C17H15ClN2O2/c1-12(21)19-16-9-8-14(11-15(16)18)20-17(22)10-7-13-5-3-2-4-6-13/h2-11H,1H3,(H,19,21)(H,20,22)/b10-7+. The summed E-state index contributed by atoms with van der Waals surface area (Å²) in [6.07, 6.45) is 3.17. The Balaban J connectivity index is 2.01. The molecule has 0 saturated heterocycles. The molecule has 0 fully saturated rings. The Kier molecular flexibility index (Phi) is 5.33. The molecule has 0 radical (unpaired) electrons. The van der Waals surface area contributed by atoms with Gasteiger partial charge in [0.15, 0.2) is 0 Å². The van der Waals surface area contributed by atoms with Crippen molar-refractivity contribution in [2.24, 2.45) is 0 Å². The topological polar surface area (TPSA) is 58.2 Å². The molecule has 0 bridgehead atoms. The van der Waals surface area contributed by atoms with E-state index in [9.17, 15) is 9.59 Å².